The minimum Gasteiger partial charge on any atom is -0.373 e. The molecule has 4 nitrogen and oxygen atoms in total. The fraction of sp³-hybridized carbons (Fsp3) is 0.786. The van der Waals surface area contributed by atoms with Gasteiger partial charge >= 0.3 is 0 Å². The molecule has 0 saturated carbocycles. The van der Waals surface area contributed by atoms with Crippen LogP contribution in [0.25, 0.3) is 0 Å². The SMILES string of the molecule is CCC#CCN1CCC2(CC1)CC(=O)NCCO2. The summed E-state index contributed by atoms with van der Waals surface area (Å²) < 4.78 is 5.93. The smallest absolute Gasteiger partial charge is 0.222 e. The average molecular weight is 250 g/mol. The van der Waals surface area contributed by atoms with E-state index >= 15 is 0 Å². The van der Waals surface area contributed by atoms with Gasteiger partial charge in [0.1, 0.15) is 0 Å². The molecule has 18 heavy (non-hydrogen) atoms. The van der Waals surface area contributed by atoms with Crippen LogP contribution in [-0.2, 0) is 9.53 Å². The molecule has 1 amide bonds. The van der Waals surface area contributed by atoms with Crippen LogP contribution >= 0.6 is 0 Å². The Kier molecular flexibility index (Phi) is 4.62. The lowest BCUT2D eigenvalue weighted by atomic mass is 9.87. The molecule has 0 radical (unpaired) electrons. The van der Waals surface area contributed by atoms with Crippen LogP contribution < -0.4 is 5.32 Å². The van der Waals surface area contributed by atoms with Crippen molar-refractivity contribution in [2.75, 3.05) is 32.8 Å². The molecule has 2 aliphatic rings. The van der Waals surface area contributed by atoms with Crippen LogP contribution in [0.15, 0.2) is 0 Å². The van der Waals surface area contributed by atoms with Gasteiger partial charge in [-0.3, -0.25) is 9.69 Å². The second kappa shape index (κ2) is 6.21. The minimum absolute atomic E-state index is 0.131. The minimum atomic E-state index is -0.213. The Bertz CT molecular complexity index is 349. The fourth-order valence-corrected chi connectivity index (χ4v) is 2.60. The molecule has 2 fully saturated rings. The van der Waals surface area contributed by atoms with Crippen molar-refractivity contribution < 1.29 is 9.53 Å². The largest absolute Gasteiger partial charge is 0.373 e. The molecular weight excluding hydrogens is 228 g/mol. The highest BCUT2D eigenvalue weighted by molar-refractivity contribution is 5.77. The first-order valence-corrected chi connectivity index (χ1v) is 6.83. The van der Waals surface area contributed by atoms with Gasteiger partial charge in [0, 0.05) is 26.1 Å². The molecular formula is C14H22N2O2. The summed E-state index contributed by atoms with van der Waals surface area (Å²) in [4.78, 5) is 14.0. The van der Waals surface area contributed by atoms with Crippen LogP contribution in [0.3, 0.4) is 0 Å². The zero-order chi connectivity index (χ0) is 12.8. The summed E-state index contributed by atoms with van der Waals surface area (Å²) in [7, 11) is 0. The normalized spacial score (nSPS) is 23.9. The van der Waals surface area contributed by atoms with Crippen molar-refractivity contribution >= 4 is 5.91 Å². The van der Waals surface area contributed by atoms with Crippen LogP contribution in [-0.4, -0.2) is 49.2 Å². The third-order valence-corrected chi connectivity index (χ3v) is 3.69. The predicted molar refractivity (Wildman–Crippen MR) is 70.1 cm³/mol. The molecule has 0 atom stereocenters. The lowest BCUT2D eigenvalue weighted by Crippen LogP contribution is -2.47. The molecule has 4 heteroatoms. The molecule has 0 aliphatic carbocycles. The third-order valence-electron chi connectivity index (χ3n) is 3.69. The first kappa shape index (κ1) is 13.4. The molecule has 2 saturated heterocycles. The molecule has 2 aliphatic heterocycles. The standard InChI is InChI=1S/C14H22N2O2/c1-2-3-4-8-16-9-5-14(6-10-16)12-13(17)15-7-11-18-14/h2,5-12H2,1H3,(H,15,17). The van der Waals surface area contributed by atoms with Gasteiger partial charge in [0.25, 0.3) is 0 Å². The summed E-state index contributed by atoms with van der Waals surface area (Å²) in [5.41, 5.74) is -0.213. The maximum Gasteiger partial charge on any atom is 0.222 e. The Morgan fingerprint density at radius 3 is 2.89 bits per heavy atom. The van der Waals surface area contributed by atoms with Gasteiger partial charge in [-0.1, -0.05) is 12.8 Å². The van der Waals surface area contributed by atoms with E-state index in [9.17, 15) is 4.79 Å². The number of amides is 1. The summed E-state index contributed by atoms with van der Waals surface area (Å²) in [6.45, 7) is 6.15. The van der Waals surface area contributed by atoms with Crippen LogP contribution in [0.2, 0.25) is 0 Å². The van der Waals surface area contributed by atoms with E-state index < -0.39 is 0 Å². The van der Waals surface area contributed by atoms with Crippen LogP contribution in [0.1, 0.15) is 32.6 Å². The molecule has 0 aromatic rings. The Hall–Kier alpha value is -1.05. The molecule has 2 rings (SSSR count). The molecule has 0 aromatic heterocycles. The molecule has 2 heterocycles. The topological polar surface area (TPSA) is 41.6 Å². The van der Waals surface area contributed by atoms with Crippen LogP contribution in [0.4, 0.5) is 0 Å². The van der Waals surface area contributed by atoms with Gasteiger partial charge in [-0.15, -0.1) is 5.92 Å². The number of carbonyl (C=O) groups excluding carboxylic acids is 1. The van der Waals surface area contributed by atoms with Gasteiger partial charge in [-0.25, -0.2) is 0 Å². The summed E-state index contributed by atoms with van der Waals surface area (Å²) in [6.07, 6.45) is 3.31. The van der Waals surface area contributed by atoms with Gasteiger partial charge in [-0.05, 0) is 12.8 Å². The Morgan fingerprint density at radius 2 is 2.17 bits per heavy atom. The number of hydrogen-bond acceptors (Lipinski definition) is 3. The number of piperidine rings is 1. The van der Waals surface area contributed by atoms with Gasteiger partial charge in [0.2, 0.25) is 5.91 Å². The molecule has 0 unspecified atom stereocenters. The number of nitrogens with zero attached hydrogens (tertiary/aromatic N) is 1. The van der Waals surface area contributed by atoms with Crippen molar-refractivity contribution in [1.29, 1.82) is 0 Å². The van der Waals surface area contributed by atoms with Crippen molar-refractivity contribution in [2.45, 2.75) is 38.2 Å². The maximum atomic E-state index is 11.6. The third kappa shape index (κ3) is 3.47. The summed E-state index contributed by atoms with van der Waals surface area (Å²) in [5.74, 6) is 6.40. The molecule has 1 N–H and O–H groups in total. The van der Waals surface area contributed by atoms with Gasteiger partial charge in [-0.2, -0.15) is 0 Å². The van der Waals surface area contributed by atoms with Gasteiger partial charge < -0.3 is 10.1 Å². The van der Waals surface area contributed by atoms with E-state index in [1.165, 1.54) is 0 Å². The van der Waals surface area contributed by atoms with E-state index in [0.717, 1.165) is 38.9 Å². The molecule has 1 spiro atoms. The van der Waals surface area contributed by atoms with E-state index in [2.05, 4.69) is 29.0 Å². The highest BCUT2D eigenvalue weighted by Crippen LogP contribution is 2.30. The Labute approximate surface area is 109 Å². The average Bonchev–Trinajstić information content (AvgIpc) is 2.55. The number of nitrogens with one attached hydrogen (secondary N) is 1. The van der Waals surface area contributed by atoms with Gasteiger partial charge in [0.15, 0.2) is 0 Å². The highest BCUT2D eigenvalue weighted by atomic mass is 16.5. The fourth-order valence-electron chi connectivity index (χ4n) is 2.60. The summed E-state index contributed by atoms with van der Waals surface area (Å²) in [5, 5.41) is 2.87. The van der Waals surface area contributed by atoms with E-state index in [0.29, 0.717) is 19.6 Å². The lowest BCUT2D eigenvalue weighted by Gasteiger charge is -2.39. The Balaban J connectivity index is 1.86. The van der Waals surface area contributed by atoms with Crippen molar-refractivity contribution in [3.05, 3.63) is 0 Å². The zero-order valence-electron chi connectivity index (χ0n) is 11.1. The quantitative estimate of drug-likeness (QED) is 0.699. The Morgan fingerprint density at radius 1 is 1.39 bits per heavy atom. The monoisotopic (exact) mass is 250 g/mol. The second-order valence-electron chi connectivity index (χ2n) is 5.04. The van der Waals surface area contributed by atoms with Crippen LogP contribution in [0, 0.1) is 11.8 Å². The van der Waals surface area contributed by atoms with E-state index in [4.69, 9.17) is 4.74 Å². The van der Waals surface area contributed by atoms with Gasteiger partial charge in [0.05, 0.1) is 25.2 Å². The number of rotatable bonds is 1. The van der Waals surface area contributed by atoms with E-state index in [-0.39, 0.29) is 11.5 Å². The lowest BCUT2D eigenvalue weighted by molar-refractivity contribution is -0.128. The zero-order valence-corrected chi connectivity index (χ0v) is 11.1. The first-order chi connectivity index (χ1) is 8.74. The van der Waals surface area contributed by atoms with Crippen molar-refractivity contribution in [2.24, 2.45) is 0 Å². The second-order valence-corrected chi connectivity index (χ2v) is 5.04. The highest BCUT2D eigenvalue weighted by Gasteiger charge is 2.38. The molecule has 0 aromatic carbocycles. The molecule has 100 valence electrons. The van der Waals surface area contributed by atoms with E-state index in [1.54, 1.807) is 0 Å². The number of hydrogen-bond donors (Lipinski definition) is 1. The van der Waals surface area contributed by atoms with Crippen molar-refractivity contribution in [3.63, 3.8) is 0 Å². The summed E-state index contributed by atoms with van der Waals surface area (Å²) in [6, 6.07) is 0. The maximum absolute atomic E-state index is 11.6. The molecule has 0 bridgehead atoms. The van der Waals surface area contributed by atoms with Crippen molar-refractivity contribution in [3.8, 4) is 11.8 Å². The first-order valence-electron chi connectivity index (χ1n) is 6.83. The van der Waals surface area contributed by atoms with Crippen LogP contribution in [0.5, 0.6) is 0 Å². The predicted octanol–water partition coefficient (Wildman–Crippen LogP) is 0.771. The number of ether oxygens (including phenoxy) is 1. The van der Waals surface area contributed by atoms with Crippen molar-refractivity contribution in [1.82, 2.24) is 10.2 Å². The number of likely N-dealkylation sites (tertiary alicyclic amines) is 1. The van der Waals surface area contributed by atoms with E-state index in [1.807, 2.05) is 0 Å². The summed E-state index contributed by atoms with van der Waals surface area (Å²) >= 11 is 0. The number of carbonyl (C=O) groups is 1.